The van der Waals surface area contributed by atoms with Crippen LogP contribution in [0.4, 0.5) is 5.69 Å². The van der Waals surface area contributed by atoms with Crippen molar-refractivity contribution in [1.82, 2.24) is 4.90 Å². The van der Waals surface area contributed by atoms with Crippen LogP contribution in [0, 0.1) is 0 Å². The lowest BCUT2D eigenvalue weighted by molar-refractivity contribution is -0.151. The van der Waals surface area contributed by atoms with Crippen molar-refractivity contribution in [3.05, 3.63) is 90.3 Å². The number of nitrogens with zero attached hydrogens (tertiary/aromatic N) is 1. The van der Waals surface area contributed by atoms with Crippen molar-refractivity contribution in [2.45, 2.75) is 12.5 Å². The van der Waals surface area contributed by atoms with Crippen molar-refractivity contribution in [2.75, 3.05) is 19.0 Å². The number of esters is 1. The van der Waals surface area contributed by atoms with Gasteiger partial charge in [-0.1, -0.05) is 88.3 Å². The van der Waals surface area contributed by atoms with Gasteiger partial charge in [-0.2, -0.15) is 0 Å². The fourth-order valence-electron chi connectivity index (χ4n) is 3.96. The number of carbonyl (C=O) groups excluding carboxylic acids is 4. The summed E-state index contributed by atoms with van der Waals surface area (Å²) in [5, 5.41) is 1.91. The highest BCUT2D eigenvalue weighted by atomic mass is 35.5. The van der Waals surface area contributed by atoms with Gasteiger partial charge in [0.15, 0.2) is 6.61 Å². The number of benzene rings is 3. The zero-order valence-electron chi connectivity index (χ0n) is 19.9. The molecule has 3 amide bonds. The molecule has 0 aliphatic carbocycles. The van der Waals surface area contributed by atoms with Crippen LogP contribution >= 0.6 is 58.0 Å². The molecule has 0 saturated carbocycles. The number of halogens is 5. The third-order valence-corrected chi connectivity index (χ3v) is 7.81. The van der Waals surface area contributed by atoms with Gasteiger partial charge >= 0.3 is 5.97 Å². The molecule has 3 aromatic carbocycles. The highest BCUT2D eigenvalue weighted by molar-refractivity contribution is 6.55. The summed E-state index contributed by atoms with van der Waals surface area (Å²) >= 11 is 30.7. The maximum absolute atomic E-state index is 13.4. The van der Waals surface area contributed by atoms with E-state index in [1.165, 1.54) is 13.2 Å². The number of anilines is 1. The van der Waals surface area contributed by atoms with Gasteiger partial charge in [0, 0.05) is 11.4 Å². The van der Waals surface area contributed by atoms with Crippen molar-refractivity contribution in [2.24, 2.45) is 0 Å². The molecule has 8 nitrogen and oxygen atoms in total. The Morgan fingerprint density at radius 1 is 0.872 bits per heavy atom. The molecule has 0 fully saturated rings. The Bertz CT molecular complexity index is 1450. The number of fused-ring (bicyclic) bond motifs is 1. The third-order valence-electron chi connectivity index (χ3n) is 5.77. The predicted octanol–water partition coefficient (Wildman–Crippen LogP) is 6.35. The fraction of sp³-hybridized carbons (Fsp3) is 0.154. The van der Waals surface area contributed by atoms with Gasteiger partial charge < -0.3 is 14.8 Å². The Morgan fingerprint density at radius 3 is 2.03 bits per heavy atom. The van der Waals surface area contributed by atoms with Gasteiger partial charge in [-0.25, -0.2) is 4.79 Å². The molecule has 39 heavy (non-hydrogen) atoms. The zero-order valence-corrected chi connectivity index (χ0v) is 23.7. The molecule has 1 N–H and O–H groups in total. The largest absolute Gasteiger partial charge is 0.495 e. The number of hydrogen-bond donors (Lipinski definition) is 1. The van der Waals surface area contributed by atoms with Crippen LogP contribution in [0.5, 0.6) is 5.75 Å². The molecular formula is C26H17Cl5N2O6. The highest BCUT2D eigenvalue weighted by Gasteiger charge is 2.47. The molecule has 1 aliphatic heterocycles. The summed E-state index contributed by atoms with van der Waals surface area (Å²) in [6, 6.07) is 11.7. The molecule has 1 aliphatic rings. The maximum Gasteiger partial charge on any atom is 0.330 e. The van der Waals surface area contributed by atoms with Gasteiger partial charge in [-0.15, -0.1) is 0 Å². The molecule has 13 heteroatoms. The average Bonchev–Trinajstić information content (AvgIpc) is 3.18. The van der Waals surface area contributed by atoms with Crippen LogP contribution in [0.15, 0.2) is 48.5 Å². The van der Waals surface area contributed by atoms with Gasteiger partial charge in [-0.05, 0) is 23.8 Å². The summed E-state index contributed by atoms with van der Waals surface area (Å²) in [6.45, 7) is -0.734. The third kappa shape index (κ3) is 5.81. The normalized spacial score (nSPS) is 13.2. The van der Waals surface area contributed by atoms with E-state index in [0.29, 0.717) is 21.2 Å². The Balaban J connectivity index is 1.61. The number of hydrogen-bond acceptors (Lipinski definition) is 6. The molecule has 0 aromatic heterocycles. The standard InChI is InChI=1S/C26H17Cl5N2O6/c1-38-16-8-7-13(27)10-14(16)32-17(34)11-39-26(37)15(9-12-5-3-2-4-6-12)33-24(35)18-19(25(33)36)21(29)23(31)22(30)20(18)28/h2-8,10,15H,9,11H2,1H3,(H,32,34). The Hall–Kier alpha value is -3.01. The lowest BCUT2D eigenvalue weighted by Gasteiger charge is -2.24. The summed E-state index contributed by atoms with van der Waals surface area (Å²) in [5.41, 5.74) is 0.304. The summed E-state index contributed by atoms with van der Waals surface area (Å²) < 4.78 is 10.4. The van der Waals surface area contributed by atoms with Gasteiger partial charge in [0.1, 0.15) is 11.8 Å². The maximum atomic E-state index is 13.4. The molecule has 202 valence electrons. The minimum atomic E-state index is -1.47. The quantitative estimate of drug-likeness (QED) is 0.135. The molecule has 4 rings (SSSR count). The zero-order chi connectivity index (χ0) is 28.4. The van der Waals surface area contributed by atoms with Gasteiger partial charge in [-0.3, -0.25) is 19.3 Å². The topological polar surface area (TPSA) is 102 Å². The number of amides is 3. The van der Waals surface area contributed by atoms with E-state index >= 15 is 0 Å². The molecule has 0 bridgehead atoms. The second-order valence-corrected chi connectivity index (χ2v) is 10.1. The first kappa shape index (κ1) is 29.0. The molecule has 1 heterocycles. The number of rotatable bonds is 8. The summed E-state index contributed by atoms with van der Waals surface area (Å²) in [6.07, 6.45) is -0.119. The van der Waals surface area contributed by atoms with Crippen LogP contribution < -0.4 is 10.1 Å². The van der Waals surface area contributed by atoms with E-state index in [0.717, 1.165) is 0 Å². The summed E-state index contributed by atoms with van der Waals surface area (Å²) in [5.74, 6) is -3.23. The second-order valence-electron chi connectivity index (χ2n) is 8.19. The van der Waals surface area contributed by atoms with Crippen LogP contribution in [0.25, 0.3) is 0 Å². The van der Waals surface area contributed by atoms with Crippen LogP contribution in [-0.2, 0) is 20.7 Å². The van der Waals surface area contributed by atoms with Crippen molar-refractivity contribution >= 4 is 87.4 Å². The number of ether oxygens (including phenoxy) is 2. The first-order chi connectivity index (χ1) is 18.5. The van der Waals surface area contributed by atoms with Crippen molar-refractivity contribution in [1.29, 1.82) is 0 Å². The van der Waals surface area contributed by atoms with Crippen molar-refractivity contribution in [3.63, 3.8) is 0 Å². The van der Waals surface area contributed by atoms with Crippen LogP contribution in [0.3, 0.4) is 0 Å². The Kier molecular flexibility index (Phi) is 8.93. The van der Waals surface area contributed by atoms with Crippen molar-refractivity contribution < 1.29 is 28.7 Å². The minimum Gasteiger partial charge on any atom is -0.495 e. The SMILES string of the molecule is COc1ccc(Cl)cc1NC(=O)COC(=O)C(Cc1ccccc1)N1C(=O)c2c(Cl)c(Cl)c(Cl)c(Cl)c2C1=O. The Labute approximate surface area is 247 Å². The van der Waals surface area contributed by atoms with Crippen LogP contribution in [0.1, 0.15) is 26.3 Å². The van der Waals surface area contributed by atoms with E-state index in [1.807, 2.05) is 0 Å². The van der Waals surface area contributed by atoms with E-state index in [1.54, 1.807) is 42.5 Å². The van der Waals surface area contributed by atoms with E-state index in [-0.39, 0.29) is 43.3 Å². The molecule has 1 unspecified atom stereocenters. The lowest BCUT2D eigenvalue weighted by Crippen LogP contribution is -2.47. The number of imide groups is 1. The van der Waals surface area contributed by atoms with E-state index in [9.17, 15) is 19.2 Å². The number of carbonyl (C=O) groups is 4. The average molecular weight is 631 g/mol. The van der Waals surface area contributed by atoms with Crippen LogP contribution in [-0.4, -0.2) is 48.3 Å². The molecule has 3 aromatic rings. The molecular weight excluding hydrogens is 614 g/mol. The first-order valence-corrected chi connectivity index (χ1v) is 13.0. The summed E-state index contributed by atoms with van der Waals surface area (Å²) in [4.78, 5) is 53.4. The molecule has 0 radical (unpaired) electrons. The summed E-state index contributed by atoms with van der Waals surface area (Å²) in [7, 11) is 1.41. The monoisotopic (exact) mass is 628 g/mol. The number of nitrogens with one attached hydrogen (secondary N) is 1. The second kappa shape index (κ2) is 12.0. The van der Waals surface area contributed by atoms with Crippen molar-refractivity contribution in [3.8, 4) is 5.75 Å². The fourth-order valence-corrected chi connectivity index (χ4v) is 5.15. The minimum absolute atomic E-state index is 0.119. The number of methoxy groups -OCH3 is 1. The smallest absolute Gasteiger partial charge is 0.330 e. The lowest BCUT2D eigenvalue weighted by atomic mass is 10.0. The van der Waals surface area contributed by atoms with E-state index < -0.39 is 36.3 Å². The first-order valence-electron chi connectivity index (χ1n) is 11.1. The van der Waals surface area contributed by atoms with Gasteiger partial charge in [0.2, 0.25) is 0 Å². The highest BCUT2D eigenvalue weighted by Crippen LogP contribution is 2.45. The predicted molar refractivity (Wildman–Crippen MR) is 149 cm³/mol. The molecule has 1 atom stereocenters. The molecule has 0 spiro atoms. The van der Waals surface area contributed by atoms with Gasteiger partial charge in [0.25, 0.3) is 17.7 Å². The van der Waals surface area contributed by atoms with E-state index in [2.05, 4.69) is 5.32 Å². The van der Waals surface area contributed by atoms with Gasteiger partial charge in [0.05, 0.1) is 44.0 Å². The van der Waals surface area contributed by atoms with E-state index in [4.69, 9.17) is 67.5 Å². The Morgan fingerprint density at radius 2 is 1.46 bits per heavy atom. The van der Waals surface area contributed by atoms with Crippen LogP contribution in [0.2, 0.25) is 25.1 Å². The molecule has 0 saturated heterocycles.